The zero-order valence-electron chi connectivity index (χ0n) is 9.18. The molecule has 3 heteroatoms. The van der Waals surface area contributed by atoms with Gasteiger partial charge in [-0.3, -0.25) is 4.98 Å². The number of hydrogen-bond acceptors (Lipinski definition) is 3. The van der Waals surface area contributed by atoms with E-state index in [9.17, 15) is 0 Å². The van der Waals surface area contributed by atoms with Crippen LogP contribution >= 0.6 is 0 Å². The lowest BCUT2D eigenvalue weighted by molar-refractivity contribution is 0.478. The van der Waals surface area contributed by atoms with Crippen LogP contribution in [0.1, 0.15) is 12.5 Å². The van der Waals surface area contributed by atoms with Crippen LogP contribution in [0.4, 0.5) is 5.69 Å². The second kappa shape index (κ2) is 4.66. The number of nitrogens with two attached hydrogens (primary N) is 1. The highest BCUT2D eigenvalue weighted by atomic mass is 16.5. The van der Waals surface area contributed by atoms with Gasteiger partial charge in [-0.15, -0.1) is 0 Å². The van der Waals surface area contributed by atoms with Gasteiger partial charge in [0.2, 0.25) is 0 Å². The number of nitrogen functional groups attached to an aromatic ring is 1. The average molecular weight is 214 g/mol. The summed E-state index contributed by atoms with van der Waals surface area (Å²) in [6.07, 6.45) is 4.19. The number of aromatic nitrogens is 1. The van der Waals surface area contributed by atoms with Gasteiger partial charge in [-0.05, 0) is 18.1 Å². The van der Waals surface area contributed by atoms with Crippen LogP contribution in [0.3, 0.4) is 0 Å². The fraction of sp³-hybridized carbons (Fsp3) is 0.154. The van der Waals surface area contributed by atoms with E-state index in [1.165, 1.54) is 5.56 Å². The van der Waals surface area contributed by atoms with Gasteiger partial charge in [0.05, 0.1) is 11.9 Å². The summed E-state index contributed by atoms with van der Waals surface area (Å²) in [6.45, 7) is 2.10. The summed E-state index contributed by atoms with van der Waals surface area (Å²) in [7, 11) is 0. The van der Waals surface area contributed by atoms with Crippen LogP contribution < -0.4 is 10.5 Å². The Hall–Kier alpha value is -2.03. The predicted molar refractivity (Wildman–Crippen MR) is 64.5 cm³/mol. The summed E-state index contributed by atoms with van der Waals surface area (Å²) in [5.74, 6) is 1.50. The molecule has 0 amide bonds. The van der Waals surface area contributed by atoms with Crippen molar-refractivity contribution in [3.63, 3.8) is 0 Å². The van der Waals surface area contributed by atoms with Crippen molar-refractivity contribution in [2.24, 2.45) is 0 Å². The number of anilines is 1. The lowest BCUT2D eigenvalue weighted by Crippen LogP contribution is -1.94. The van der Waals surface area contributed by atoms with Crippen LogP contribution in [0.5, 0.6) is 11.5 Å². The molecule has 1 aromatic carbocycles. The quantitative estimate of drug-likeness (QED) is 0.854. The Labute approximate surface area is 94.9 Å². The molecule has 0 aliphatic rings. The van der Waals surface area contributed by atoms with Crippen LogP contribution in [-0.2, 0) is 6.42 Å². The molecule has 0 unspecified atom stereocenters. The molecule has 2 N–H and O–H groups in total. The molecule has 0 aliphatic carbocycles. The normalized spacial score (nSPS) is 10.1. The molecule has 2 rings (SSSR count). The third kappa shape index (κ3) is 2.14. The molecule has 0 saturated carbocycles. The lowest BCUT2D eigenvalue weighted by atomic mass is 10.1. The Bertz CT molecular complexity index is 483. The van der Waals surface area contributed by atoms with E-state index in [1.54, 1.807) is 18.5 Å². The summed E-state index contributed by atoms with van der Waals surface area (Å²) in [4.78, 5) is 3.92. The van der Waals surface area contributed by atoms with Gasteiger partial charge in [0.15, 0.2) is 5.75 Å². The Morgan fingerprint density at radius 3 is 2.75 bits per heavy atom. The van der Waals surface area contributed by atoms with Crippen LogP contribution in [0.25, 0.3) is 0 Å². The highest BCUT2D eigenvalue weighted by molar-refractivity contribution is 5.52. The van der Waals surface area contributed by atoms with Gasteiger partial charge in [0.1, 0.15) is 5.75 Å². The molecular weight excluding hydrogens is 200 g/mol. The first-order chi connectivity index (χ1) is 7.81. The molecule has 16 heavy (non-hydrogen) atoms. The first-order valence-corrected chi connectivity index (χ1v) is 5.26. The minimum Gasteiger partial charge on any atom is -0.455 e. The van der Waals surface area contributed by atoms with Gasteiger partial charge in [-0.1, -0.05) is 25.1 Å². The van der Waals surface area contributed by atoms with Crippen LogP contribution in [0.15, 0.2) is 42.7 Å². The molecule has 1 heterocycles. The predicted octanol–water partition coefficient (Wildman–Crippen LogP) is 3.02. The molecule has 0 radical (unpaired) electrons. The third-order valence-electron chi connectivity index (χ3n) is 2.38. The van der Waals surface area contributed by atoms with Crippen molar-refractivity contribution in [3.8, 4) is 11.5 Å². The van der Waals surface area contributed by atoms with Gasteiger partial charge in [0, 0.05) is 12.3 Å². The molecule has 0 spiro atoms. The number of pyridine rings is 1. The first-order valence-electron chi connectivity index (χ1n) is 5.26. The van der Waals surface area contributed by atoms with Gasteiger partial charge in [0.25, 0.3) is 0 Å². The summed E-state index contributed by atoms with van der Waals surface area (Å²) in [5, 5.41) is 0. The molecule has 0 saturated heterocycles. The van der Waals surface area contributed by atoms with E-state index >= 15 is 0 Å². The zero-order chi connectivity index (χ0) is 11.4. The smallest absolute Gasteiger partial charge is 0.153 e. The van der Waals surface area contributed by atoms with E-state index in [-0.39, 0.29) is 0 Å². The fourth-order valence-corrected chi connectivity index (χ4v) is 1.50. The molecular formula is C13H14N2O. The largest absolute Gasteiger partial charge is 0.455 e. The van der Waals surface area contributed by atoms with Gasteiger partial charge in [-0.2, -0.15) is 0 Å². The van der Waals surface area contributed by atoms with E-state index in [4.69, 9.17) is 10.5 Å². The second-order valence-electron chi connectivity index (χ2n) is 3.48. The van der Waals surface area contributed by atoms with Gasteiger partial charge in [-0.25, -0.2) is 0 Å². The van der Waals surface area contributed by atoms with E-state index in [2.05, 4.69) is 11.9 Å². The SMILES string of the molecule is CCc1ccccc1Oc1ccncc1N. The molecule has 0 bridgehead atoms. The van der Waals surface area contributed by atoms with Crippen molar-refractivity contribution >= 4 is 5.69 Å². The van der Waals surface area contributed by atoms with E-state index in [1.807, 2.05) is 24.3 Å². The lowest BCUT2D eigenvalue weighted by Gasteiger charge is -2.10. The Morgan fingerprint density at radius 2 is 2.00 bits per heavy atom. The number of aryl methyl sites for hydroxylation is 1. The maximum absolute atomic E-state index is 5.77. The highest BCUT2D eigenvalue weighted by Gasteiger charge is 2.04. The molecule has 2 aromatic rings. The summed E-state index contributed by atoms with van der Waals surface area (Å²) in [5.41, 5.74) is 7.49. The number of benzene rings is 1. The fourth-order valence-electron chi connectivity index (χ4n) is 1.50. The Morgan fingerprint density at radius 1 is 1.19 bits per heavy atom. The number of ether oxygens (including phenoxy) is 1. The third-order valence-corrected chi connectivity index (χ3v) is 2.38. The topological polar surface area (TPSA) is 48.1 Å². The molecule has 0 aliphatic heterocycles. The van der Waals surface area contributed by atoms with Crippen molar-refractivity contribution in [2.45, 2.75) is 13.3 Å². The number of rotatable bonds is 3. The van der Waals surface area contributed by atoms with Crippen molar-refractivity contribution in [1.82, 2.24) is 4.98 Å². The van der Waals surface area contributed by atoms with Crippen LogP contribution in [0, 0.1) is 0 Å². The number of para-hydroxylation sites is 1. The van der Waals surface area contributed by atoms with Crippen molar-refractivity contribution in [1.29, 1.82) is 0 Å². The van der Waals surface area contributed by atoms with E-state index in [0.29, 0.717) is 11.4 Å². The maximum Gasteiger partial charge on any atom is 0.153 e. The molecule has 3 nitrogen and oxygen atoms in total. The second-order valence-corrected chi connectivity index (χ2v) is 3.48. The number of hydrogen-bond donors (Lipinski definition) is 1. The average Bonchev–Trinajstić information content (AvgIpc) is 2.33. The maximum atomic E-state index is 5.77. The zero-order valence-corrected chi connectivity index (χ0v) is 9.18. The number of nitrogens with zero attached hydrogens (tertiary/aromatic N) is 1. The summed E-state index contributed by atoms with van der Waals surface area (Å²) in [6, 6.07) is 9.71. The van der Waals surface area contributed by atoms with Crippen molar-refractivity contribution < 1.29 is 4.74 Å². The van der Waals surface area contributed by atoms with Crippen molar-refractivity contribution in [2.75, 3.05) is 5.73 Å². The van der Waals surface area contributed by atoms with Gasteiger partial charge < -0.3 is 10.5 Å². The van der Waals surface area contributed by atoms with E-state index in [0.717, 1.165) is 12.2 Å². The van der Waals surface area contributed by atoms with Crippen LogP contribution in [-0.4, -0.2) is 4.98 Å². The van der Waals surface area contributed by atoms with Gasteiger partial charge >= 0.3 is 0 Å². The van der Waals surface area contributed by atoms with Crippen LogP contribution in [0.2, 0.25) is 0 Å². The molecule has 82 valence electrons. The summed E-state index contributed by atoms with van der Waals surface area (Å²) < 4.78 is 5.77. The first kappa shape index (κ1) is 10.5. The summed E-state index contributed by atoms with van der Waals surface area (Å²) >= 11 is 0. The minimum absolute atomic E-state index is 0.549. The monoisotopic (exact) mass is 214 g/mol. The highest BCUT2D eigenvalue weighted by Crippen LogP contribution is 2.28. The Balaban J connectivity index is 2.30. The van der Waals surface area contributed by atoms with E-state index < -0.39 is 0 Å². The minimum atomic E-state index is 0.549. The molecule has 0 fully saturated rings. The molecule has 0 atom stereocenters. The Kier molecular flexibility index (Phi) is 3.05. The van der Waals surface area contributed by atoms with Crippen molar-refractivity contribution in [3.05, 3.63) is 48.3 Å². The standard InChI is InChI=1S/C13H14N2O/c1-2-10-5-3-4-6-12(10)16-13-7-8-15-9-11(13)14/h3-9H,2,14H2,1H3. The molecule has 1 aromatic heterocycles.